The van der Waals surface area contributed by atoms with Gasteiger partial charge in [0.25, 0.3) is 0 Å². The Morgan fingerprint density at radius 1 is 1.40 bits per heavy atom. The molecule has 1 aromatic carbocycles. The van der Waals surface area contributed by atoms with Gasteiger partial charge in [0.05, 0.1) is 10.5 Å². The highest BCUT2D eigenvalue weighted by atomic mass is 79.9. The van der Waals surface area contributed by atoms with Crippen molar-refractivity contribution >= 4 is 56.1 Å². The summed E-state index contributed by atoms with van der Waals surface area (Å²) in [6.07, 6.45) is -0.414. The van der Waals surface area contributed by atoms with E-state index in [1.165, 1.54) is 0 Å². The SMILES string of the molecule is CC(C)(C)OC(=O)N1CCNC(COc2c(Cl)c(Br)c(F)c3nc(Cl)nc(O)c23)C1. The number of carbonyl (C=O) groups excluding carboxylic acids is 1. The summed E-state index contributed by atoms with van der Waals surface area (Å²) in [6.45, 7) is 6.84. The van der Waals surface area contributed by atoms with E-state index in [0.717, 1.165) is 0 Å². The van der Waals surface area contributed by atoms with Crippen molar-refractivity contribution < 1.29 is 23.8 Å². The molecule has 1 amide bonds. The molecule has 1 atom stereocenters. The van der Waals surface area contributed by atoms with Gasteiger partial charge in [-0.05, 0) is 48.3 Å². The lowest BCUT2D eigenvalue weighted by molar-refractivity contribution is 0.0178. The Morgan fingerprint density at radius 2 is 2.10 bits per heavy atom. The van der Waals surface area contributed by atoms with Crippen LogP contribution in [0.25, 0.3) is 10.9 Å². The summed E-state index contributed by atoms with van der Waals surface area (Å²) in [7, 11) is 0. The minimum atomic E-state index is -0.797. The largest absolute Gasteiger partial charge is 0.493 e. The van der Waals surface area contributed by atoms with Crippen LogP contribution >= 0.6 is 39.1 Å². The van der Waals surface area contributed by atoms with Crippen molar-refractivity contribution in [1.82, 2.24) is 20.2 Å². The summed E-state index contributed by atoms with van der Waals surface area (Å²) < 4.78 is 25.7. The summed E-state index contributed by atoms with van der Waals surface area (Å²) >= 11 is 15.0. The minimum Gasteiger partial charge on any atom is -0.493 e. The van der Waals surface area contributed by atoms with Crippen LogP contribution in [0.2, 0.25) is 10.3 Å². The molecule has 164 valence electrons. The van der Waals surface area contributed by atoms with E-state index >= 15 is 0 Å². The molecule has 1 unspecified atom stereocenters. The second kappa shape index (κ2) is 8.86. The molecule has 0 saturated carbocycles. The van der Waals surface area contributed by atoms with Gasteiger partial charge < -0.3 is 24.8 Å². The number of benzene rings is 1. The lowest BCUT2D eigenvalue weighted by Gasteiger charge is -2.34. The fourth-order valence-corrected chi connectivity index (χ4v) is 3.71. The molecule has 12 heteroatoms. The van der Waals surface area contributed by atoms with Crippen molar-refractivity contribution in [3.8, 4) is 11.6 Å². The van der Waals surface area contributed by atoms with Gasteiger partial charge in [-0.2, -0.15) is 4.98 Å². The van der Waals surface area contributed by atoms with Crippen molar-refractivity contribution in [2.24, 2.45) is 0 Å². The average Bonchev–Trinajstić information content (AvgIpc) is 2.65. The van der Waals surface area contributed by atoms with Crippen LogP contribution in [-0.4, -0.2) is 64.0 Å². The van der Waals surface area contributed by atoms with Crippen molar-refractivity contribution in [2.75, 3.05) is 26.2 Å². The molecule has 2 heterocycles. The molecular weight excluding hydrogens is 506 g/mol. The number of halogens is 4. The number of hydrogen-bond acceptors (Lipinski definition) is 7. The Bertz CT molecular complexity index is 989. The lowest BCUT2D eigenvalue weighted by atomic mass is 10.2. The second-order valence-corrected chi connectivity index (χ2v) is 9.21. The molecule has 1 aliphatic rings. The Labute approximate surface area is 190 Å². The van der Waals surface area contributed by atoms with Crippen molar-refractivity contribution in [2.45, 2.75) is 32.4 Å². The van der Waals surface area contributed by atoms with E-state index in [1.54, 1.807) is 25.7 Å². The normalized spacial score (nSPS) is 17.3. The first kappa shape index (κ1) is 23.1. The highest BCUT2D eigenvalue weighted by molar-refractivity contribution is 9.10. The zero-order valence-corrected chi connectivity index (χ0v) is 19.5. The fraction of sp³-hybridized carbons (Fsp3) is 0.500. The van der Waals surface area contributed by atoms with Gasteiger partial charge in [0.2, 0.25) is 11.2 Å². The van der Waals surface area contributed by atoms with Crippen LogP contribution in [0.4, 0.5) is 9.18 Å². The lowest BCUT2D eigenvalue weighted by Crippen LogP contribution is -2.55. The first-order valence-electron chi connectivity index (χ1n) is 9.04. The molecule has 1 fully saturated rings. The maximum Gasteiger partial charge on any atom is 0.410 e. The number of rotatable bonds is 3. The summed E-state index contributed by atoms with van der Waals surface area (Å²) in [5, 5.41) is 12.9. The molecule has 0 spiro atoms. The van der Waals surface area contributed by atoms with Crippen molar-refractivity contribution in [3.05, 3.63) is 20.6 Å². The van der Waals surface area contributed by atoms with Crippen LogP contribution in [-0.2, 0) is 4.74 Å². The molecule has 2 aromatic rings. The monoisotopic (exact) mass is 524 g/mol. The van der Waals surface area contributed by atoms with Crippen LogP contribution in [0.1, 0.15) is 20.8 Å². The Balaban J connectivity index is 1.81. The van der Waals surface area contributed by atoms with E-state index in [2.05, 4.69) is 31.2 Å². The van der Waals surface area contributed by atoms with E-state index in [9.17, 15) is 14.3 Å². The van der Waals surface area contributed by atoms with Gasteiger partial charge in [-0.1, -0.05) is 11.6 Å². The summed E-state index contributed by atoms with van der Waals surface area (Å²) in [4.78, 5) is 21.4. The third-order valence-corrected chi connectivity index (χ3v) is 5.72. The highest BCUT2D eigenvalue weighted by Gasteiger charge is 2.29. The Kier molecular flexibility index (Phi) is 6.81. The minimum absolute atomic E-state index is 0.00491. The van der Waals surface area contributed by atoms with Crippen LogP contribution in [0.5, 0.6) is 11.6 Å². The quantitative estimate of drug-likeness (QED) is 0.459. The molecule has 3 rings (SSSR count). The topological polar surface area (TPSA) is 96.8 Å². The summed E-state index contributed by atoms with van der Waals surface area (Å²) in [5.41, 5.74) is -0.828. The standard InChI is InChI=1S/C18H20BrCl2FN4O4/c1-18(2,3)30-17(28)26-5-4-23-8(6-26)7-29-14-9-13(12(22)10(19)11(14)20)24-16(21)25-15(9)27/h8,23H,4-7H2,1-3H3,(H,24,25,27). The maximum atomic E-state index is 14.6. The van der Waals surface area contributed by atoms with Crippen LogP contribution in [0.3, 0.4) is 0 Å². The summed E-state index contributed by atoms with van der Waals surface area (Å²) in [6, 6.07) is -0.253. The number of nitrogens with zero attached hydrogens (tertiary/aromatic N) is 3. The van der Waals surface area contributed by atoms with Gasteiger partial charge in [0, 0.05) is 19.6 Å². The van der Waals surface area contributed by atoms with E-state index in [4.69, 9.17) is 32.7 Å². The first-order valence-corrected chi connectivity index (χ1v) is 10.6. The number of aromatic nitrogens is 2. The van der Waals surface area contributed by atoms with Crippen LogP contribution < -0.4 is 10.1 Å². The number of hydrogen-bond donors (Lipinski definition) is 2. The molecule has 2 N–H and O–H groups in total. The van der Waals surface area contributed by atoms with Crippen molar-refractivity contribution in [3.63, 3.8) is 0 Å². The molecule has 1 aliphatic heterocycles. The van der Waals surface area contributed by atoms with Gasteiger partial charge in [0.15, 0.2) is 11.6 Å². The second-order valence-electron chi connectivity index (χ2n) is 7.70. The van der Waals surface area contributed by atoms with Crippen LogP contribution in [0.15, 0.2) is 4.47 Å². The highest BCUT2D eigenvalue weighted by Crippen LogP contribution is 2.44. The third-order valence-electron chi connectivity index (χ3n) is 4.22. The molecule has 1 aromatic heterocycles. The van der Waals surface area contributed by atoms with E-state index in [1.807, 2.05) is 0 Å². The molecular formula is C18H20BrCl2FN4O4. The first-order chi connectivity index (χ1) is 14.0. The molecule has 8 nitrogen and oxygen atoms in total. The molecule has 0 bridgehead atoms. The predicted molar refractivity (Wildman–Crippen MR) is 114 cm³/mol. The number of carbonyl (C=O) groups is 1. The van der Waals surface area contributed by atoms with Gasteiger partial charge in [0.1, 0.15) is 28.1 Å². The fourth-order valence-electron chi connectivity index (χ4n) is 2.95. The smallest absolute Gasteiger partial charge is 0.410 e. The number of piperazine rings is 1. The van der Waals surface area contributed by atoms with Crippen LogP contribution in [0, 0.1) is 5.82 Å². The van der Waals surface area contributed by atoms with Gasteiger partial charge in [-0.3, -0.25) is 0 Å². The Morgan fingerprint density at radius 3 is 2.77 bits per heavy atom. The zero-order valence-electron chi connectivity index (χ0n) is 16.4. The molecule has 0 aliphatic carbocycles. The van der Waals surface area contributed by atoms with E-state index in [-0.39, 0.29) is 44.1 Å². The van der Waals surface area contributed by atoms with Crippen molar-refractivity contribution in [1.29, 1.82) is 0 Å². The average molecular weight is 526 g/mol. The van der Waals surface area contributed by atoms with E-state index in [0.29, 0.717) is 19.6 Å². The van der Waals surface area contributed by atoms with Gasteiger partial charge in [-0.25, -0.2) is 14.2 Å². The number of nitrogens with one attached hydrogen (secondary N) is 1. The number of aromatic hydroxyl groups is 1. The number of amides is 1. The Hall–Kier alpha value is -1.62. The predicted octanol–water partition coefficient (Wildman–Crippen LogP) is 4.13. The van der Waals surface area contributed by atoms with E-state index < -0.39 is 23.4 Å². The zero-order chi connectivity index (χ0) is 22.2. The number of ether oxygens (including phenoxy) is 2. The maximum absolute atomic E-state index is 14.6. The third kappa shape index (κ3) is 4.99. The number of fused-ring (bicyclic) bond motifs is 1. The van der Waals surface area contributed by atoms with Gasteiger partial charge in [-0.15, -0.1) is 0 Å². The van der Waals surface area contributed by atoms with Gasteiger partial charge >= 0.3 is 6.09 Å². The molecule has 1 saturated heterocycles. The molecule has 30 heavy (non-hydrogen) atoms. The summed E-state index contributed by atoms with van der Waals surface area (Å²) in [5.74, 6) is -1.35. The molecule has 0 radical (unpaired) electrons.